The van der Waals surface area contributed by atoms with Crippen LogP contribution < -0.4 is 20.1 Å². The van der Waals surface area contributed by atoms with Gasteiger partial charge in [0, 0.05) is 36.9 Å². The van der Waals surface area contributed by atoms with E-state index in [2.05, 4.69) is 34.6 Å². The molecule has 0 fully saturated rings. The highest BCUT2D eigenvalue weighted by atomic mass is 16.5. The Morgan fingerprint density at radius 2 is 1.60 bits per heavy atom. The number of aliphatic hydroxyl groups is 1. The molecule has 0 bridgehead atoms. The average molecular weight is 609 g/mol. The highest BCUT2D eigenvalue weighted by Gasteiger charge is 2.33. The van der Waals surface area contributed by atoms with E-state index in [0.29, 0.717) is 42.3 Å². The van der Waals surface area contributed by atoms with Gasteiger partial charge in [-0.2, -0.15) is 0 Å². The number of amides is 3. The number of hydrogen-bond donors (Lipinski definition) is 3. The summed E-state index contributed by atoms with van der Waals surface area (Å²) in [5, 5.41) is 15.6. The van der Waals surface area contributed by atoms with Gasteiger partial charge in [0.1, 0.15) is 23.4 Å². The van der Waals surface area contributed by atoms with Gasteiger partial charge < -0.3 is 30.1 Å². The number of nitrogens with zero attached hydrogens (tertiary/aromatic N) is 2. The molecule has 0 radical (unpaired) electrons. The van der Waals surface area contributed by atoms with Crippen molar-refractivity contribution in [1.29, 1.82) is 0 Å². The van der Waals surface area contributed by atoms with Crippen LogP contribution in [0.15, 0.2) is 103 Å². The van der Waals surface area contributed by atoms with Crippen LogP contribution in [0, 0.1) is 5.92 Å². The molecule has 45 heavy (non-hydrogen) atoms. The lowest BCUT2D eigenvalue weighted by Gasteiger charge is -2.38. The number of nitrogens with one attached hydrogen (secondary N) is 2. The zero-order valence-corrected chi connectivity index (χ0v) is 25.9. The van der Waals surface area contributed by atoms with Crippen molar-refractivity contribution in [3.05, 3.63) is 114 Å². The number of carbonyl (C=O) groups is 2. The molecule has 9 heteroatoms. The molecule has 4 aromatic carbocycles. The molecule has 1 heterocycles. The molecule has 1 aliphatic heterocycles. The summed E-state index contributed by atoms with van der Waals surface area (Å²) in [4.78, 5) is 30.3. The van der Waals surface area contributed by atoms with Crippen molar-refractivity contribution in [2.45, 2.75) is 32.5 Å². The van der Waals surface area contributed by atoms with E-state index in [0.717, 1.165) is 17.1 Å². The second-order valence-corrected chi connectivity index (χ2v) is 11.5. The van der Waals surface area contributed by atoms with Gasteiger partial charge in [-0.15, -0.1) is 0 Å². The van der Waals surface area contributed by atoms with Crippen LogP contribution in [0.25, 0.3) is 0 Å². The number of ether oxygens (including phenoxy) is 2. The standard InChI is InChI=1S/C36H40N4O5/c1-25-21-40(26(2)24-41)35(42)32-20-29(38-36(43)37-28-10-6-4-7-11-28)16-19-33(32)45-34(25)23-39(3)22-27-14-17-31(18-15-27)44-30-12-8-5-9-13-30/h4-20,25-26,34,41H,21-24H2,1-3H3,(H2,37,38,43)/t25-,26-,34-/m1/s1. The molecule has 0 aliphatic carbocycles. The van der Waals surface area contributed by atoms with Crippen molar-refractivity contribution in [2.75, 3.05) is 37.4 Å². The monoisotopic (exact) mass is 608 g/mol. The van der Waals surface area contributed by atoms with Gasteiger partial charge in [0.25, 0.3) is 5.91 Å². The molecule has 0 unspecified atom stereocenters. The lowest BCUT2D eigenvalue weighted by atomic mass is 9.99. The lowest BCUT2D eigenvalue weighted by Crippen LogP contribution is -2.49. The summed E-state index contributed by atoms with van der Waals surface area (Å²) < 4.78 is 12.5. The highest BCUT2D eigenvalue weighted by molar-refractivity contribution is 6.02. The molecular weight excluding hydrogens is 568 g/mol. The maximum absolute atomic E-state index is 13.8. The Morgan fingerprint density at radius 1 is 0.956 bits per heavy atom. The maximum Gasteiger partial charge on any atom is 0.323 e. The normalized spacial score (nSPS) is 17.0. The zero-order valence-electron chi connectivity index (χ0n) is 25.9. The van der Waals surface area contributed by atoms with Crippen molar-refractivity contribution in [3.8, 4) is 17.2 Å². The summed E-state index contributed by atoms with van der Waals surface area (Å²) in [5.41, 5.74) is 2.58. The van der Waals surface area contributed by atoms with E-state index in [1.165, 1.54) is 0 Å². The van der Waals surface area contributed by atoms with Gasteiger partial charge in [-0.3, -0.25) is 9.69 Å². The van der Waals surface area contributed by atoms with E-state index in [9.17, 15) is 14.7 Å². The fraction of sp³-hybridized carbons (Fsp3) is 0.278. The van der Waals surface area contributed by atoms with E-state index < -0.39 is 6.03 Å². The molecule has 3 atom stereocenters. The van der Waals surface area contributed by atoms with Crippen LogP contribution >= 0.6 is 0 Å². The van der Waals surface area contributed by atoms with Crippen LogP contribution in [-0.4, -0.2) is 65.7 Å². The maximum atomic E-state index is 13.8. The summed E-state index contributed by atoms with van der Waals surface area (Å²) in [7, 11) is 2.04. The third kappa shape index (κ3) is 8.41. The fourth-order valence-electron chi connectivity index (χ4n) is 5.30. The number of rotatable bonds is 10. The summed E-state index contributed by atoms with van der Waals surface area (Å²) in [5.74, 6) is 1.73. The average Bonchev–Trinajstić information content (AvgIpc) is 3.04. The quantitative estimate of drug-likeness (QED) is 0.191. The Labute approximate surface area is 264 Å². The van der Waals surface area contributed by atoms with Gasteiger partial charge in [0.05, 0.1) is 18.2 Å². The number of anilines is 2. The van der Waals surface area contributed by atoms with Crippen molar-refractivity contribution in [1.82, 2.24) is 9.80 Å². The number of para-hydroxylation sites is 2. The van der Waals surface area contributed by atoms with Crippen LogP contribution in [-0.2, 0) is 6.54 Å². The smallest absolute Gasteiger partial charge is 0.323 e. The van der Waals surface area contributed by atoms with Crippen LogP contribution in [0.2, 0.25) is 0 Å². The van der Waals surface area contributed by atoms with E-state index in [1.54, 1.807) is 35.2 Å². The Hall–Kier alpha value is -4.86. The molecule has 234 valence electrons. The number of hydrogen-bond acceptors (Lipinski definition) is 6. The number of carbonyl (C=O) groups excluding carboxylic acids is 2. The summed E-state index contributed by atoms with van der Waals surface area (Å²) >= 11 is 0. The van der Waals surface area contributed by atoms with Crippen molar-refractivity contribution < 1.29 is 24.2 Å². The van der Waals surface area contributed by atoms with E-state index >= 15 is 0 Å². The van der Waals surface area contributed by atoms with Gasteiger partial charge in [0.2, 0.25) is 0 Å². The van der Waals surface area contributed by atoms with Gasteiger partial charge in [-0.05, 0) is 74.1 Å². The first kappa shape index (κ1) is 31.6. The predicted octanol–water partition coefficient (Wildman–Crippen LogP) is 6.48. The van der Waals surface area contributed by atoms with Crippen molar-refractivity contribution in [2.24, 2.45) is 5.92 Å². The Bertz CT molecular complexity index is 1570. The molecule has 0 saturated carbocycles. The highest BCUT2D eigenvalue weighted by Crippen LogP contribution is 2.31. The topological polar surface area (TPSA) is 103 Å². The molecule has 0 aromatic heterocycles. The Morgan fingerprint density at radius 3 is 2.29 bits per heavy atom. The zero-order chi connectivity index (χ0) is 31.8. The molecule has 4 aromatic rings. The second kappa shape index (κ2) is 14.7. The van der Waals surface area contributed by atoms with Crippen LogP contribution in [0.3, 0.4) is 0 Å². The Kier molecular flexibility index (Phi) is 10.3. The first-order valence-corrected chi connectivity index (χ1v) is 15.1. The first-order chi connectivity index (χ1) is 21.8. The summed E-state index contributed by atoms with van der Waals surface area (Å²) in [6, 6.07) is 31.1. The SMILES string of the molecule is C[C@@H]1CN([C@H](C)CO)C(=O)c2cc(NC(=O)Nc3ccccc3)ccc2O[C@@H]1CN(C)Cc1ccc(Oc2ccccc2)cc1. The van der Waals surface area contributed by atoms with E-state index in [4.69, 9.17) is 9.47 Å². The summed E-state index contributed by atoms with van der Waals surface area (Å²) in [6.45, 7) is 5.44. The van der Waals surface area contributed by atoms with E-state index in [1.807, 2.05) is 74.6 Å². The largest absolute Gasteiger partial charge is 0.488 e. The number of likely N-dealkylation sites (N-methyl/N-ethyl adjacent to an activating group) is 1. The number of benzene rings is 4. The minimum Gasteiger partial charge on any atom is -0.488 e. The van der Waals surface area contributed by atoms with Gasteiger partial charge >= 0.3 is 6.03 Å². The van der Waals surface area contributed by atoms with Crippen LogP contribution in [0.4, 0.5) is 16.2 Å². The molecule has 0 saturated heterocycles. The van der Waals surface area contributed by atoms with Crippen LogP contribution in [0.5, 0.6) is 17.2 Å². The van der Waals surface area contributed by atoms with Crippen molar-refractivity contribution in [3.63, 3.8) is 0 Å². The second-order valence-electron chi connectivity index (χ2n) is 11.5. The van der Waals surface area contributed by atoms with Gasteiger partial charge in [-0.25, -0.2) is 4.79 Å². The molecule has 5 rings (SSSR count). The van der Waals surface area contributed by atoms with Gasteiger partial charge in [0.15, 0.2) is 0 Å². The first-order valence-electron chi connectivity index (χ1n) is 15.1. The minimum absolute atomic E-state index is 0.0188. The summed E-state index contributed by atoms with van der Waals surface area (Å²) in [6.07, 6.45) is -0.240. The number of urea groups is 1. The third-order valence-corrected chi connectivity index (χ3v) is 7.80. The predicted molar refractivity (Wildman–Crippen MR) is 176 cm³/mol. The molecule has 0 spiro atoms. The Balaban J connectivity index is 1.29. The minimum atomic E-state index is -0.422. The van der Waals surface area contributed by atoms with Gasteiger partial charge in [-0.1, -0.05) is 55.5 Å². The van der Waals surface area contributed by atoms with Crippen molar-refractivity contribution >= 4 is 23.3 Å². The molecule has 3 N–H and O–H groups in total. The molecule has 1 aliphatic rings. The molecule has 9 nitrogen and oxygen atoms in total. The van der Waals surface area contributed by atoms with Crippen LogP contribution in [0.1, 0.15) is 29.8 Å². The van der Waals surface area contributed by atoms with E-state index in [-0.39, 0.29) is 30.6 Å². The lowest BCUT2D eigenvalue weighted by molar-refractivity contribution is 0.0341. The fourth-order valence-corrected chi connectivity index (χ4v) is 5.30. The third-order valence-electron chi connectivity index (χ3n) is 7.80. The number of fused-ring (bicyclic) bond motifs is 1. The molecular formula is C36H40N4O5. The number of aliphatic hydroxyl groups excluding tert-OH is 1. The molecule has 3 amide bonds.